The third-order valence-corrected chi connectivity index (χ3v) is 17.0. The molecule has 5 rings (SSSR count). The molecule has 4 aromatic rings. The van der Waals surface area contributed by atoms with Gasteiger partial charge in [0, 0.05) is 0 Å². The summed E-state index contributed by atoms with van der Waals surface area (Å²) in [4.78, 5) is 0. The zero-order valence-corrected chi connectivity index (χ0v) is 39.3. The first kappa shape index (κ1) is 47.3. The van der Waals surface area contributed by atoms with Crippen molar-refractivity contribution < 1.29 is 20.4 Å². The second-order valence-electron chi connectivity index (χ2n) is 16.8. The Morgan fingerprint density at radius 1 is 0.472 bits per heavy atom. The van der Waals surface area contributed by atoms with Crippen LogP contribution in [0.25, 0.3) is 0 Å². The topological polar surface area (TPSA) is 0 Å². The van der Waals surface area contributed by atoms with Gasteiger partial charge in [0.05, 0.1) is 0 Å². The van der Waals surface area contributed by atoms with Crippen LogP contribution in [0.2, 0.25) is 0 Å². The van der Waals surface area contributed by atoms with Crippen LogP contribution in [0.1, 0.15) is 164 Å². The average molecular weight is 823 g/mol. The summed E-state index contributed by atoms with van der Waals surface area (Å²) in [5.41, 5.74) is 11.7. The van der Waals surface area contributed by atoms with Crippen LogP contribution >= 0.6 is 37.2 Å². The molecule has 0 heterocycles. The SMILES string of the molecule is CC(C)c1cc(C(C)C)cc([Si](C2=[C]([Ti])CC=C2Cc2ccccc2)(c2cc(C(C)C)cc(C(C)C)c2)c2cc(C(C)C)cc(C(C)C)c2)c1.Cl.Cl.Cl. The van der Waals surface area contributed by atoms with Gasteiger partial charge in [0.15, 0.2) is 0 Å². The van der Waals surface area contributed by atoms with Crippen molar-refractivity contribution in [3.63, 3.8) is 0 Å². The largest absolute Gasteiger partial charge is 0.147 e. The van der Waals surface area contributed by atoms with Crippen LogP contribution in [-0.4, -0.2) is 8.07 Å². The van der Waals surface area contributed by atoms with Crippen LogP contribution in [0, 0.1) is 0 Å². The van der Waals surface area contributed by atoms with Crippen LogP contribution < -0.4 is 15.6 Å². The molecule has 0 aromatic heterocycles. The van der Waals surface area contributed by atoms with Crippen molar-refractivity contribution in [1.29, 1.82) is 0 Å². The summed E-state index contributed by atoms with van der Waals surface area (Å²) in [6, 6.07) is 34.6. The Bertz CT molecular complexity index is 1650. The van der Waals surface area contributed by atoms with Crippen molar-refractivity contribution in [3.8, 4) is 0 Å². The van der Waals surface area contributed by atoms with Gasteiger partial charge in [-0.2, -0.15) is 0 Å². The predicted octanol–water partition coefficient (Wildman–Crippen LogP) is 13.1. The van der Waals surface area contributed by atoms with E-state index < -0.39 is 8.07 Å². The Balaban J connectivity index is 0.00000324. The van der Waals surface area contributed by atoms with Crippen LogP contribution in [-0.2, 0) is 26.9 Å². The molecule has 0 N–H and O–H groups in total. The molecular weight excluding hydrogens is 759 g/mol. The number of allylic oxidation sites excluding steroid dienone is 4. The molecular formula is C48H64Cl3SiTi. The van der Waals surface area contributed by atoms with Crippen LogP contribution in [0.15, 0.2) is 106 Å². The monoisotopic (exact) mass is 821 g/mol. The van der Waals surface area contributed by atoms with E-state index in [9.17, 15) is 0 Å². The molecule has 0 saturated heterocycles. The number of hydrogen-bond donors (Lipinski definition) is 0. The normalized spacial score (nSPS) is 13.2. The minimum absolute atomic E-state index is 0. The zero-order chi connectivity index (χ0) is 36.5. The Labute approximate surface area is 354 Å². The molecule has 0 radical (unpaired) electrons. The third-order valence-electron chi connectivity index (χ3n) is 11.0. The minimum atomic E-state index is -2.92. The molecule has 285 valence electrons. The van der Waals surface area contributed by atoms with Gasteiger partial charge in [0.2, 0.25) is 0 Å². The Kier molecular flexibility index (Phi) is 17.7. The van der Waals surface area contributed by atoms with Gasteiger partial charge in [-0.05, 0) is 0 Å². The van der Waals surface area contributed by atoms with Gasteiger partial charge < -0.3 is 0 Å². The molecule has 1 aliphatic carbocycles. The number of hydrogen-bond acceptors (Lipinski definition) is 0. The van der Waals surface area contributed by atoms with Crippen molar-refractivity contribution in [3.05, 3.63) is 145 Å². The zero-order valence-electron chi connectivity index (χ0n) is 34.3. The summed E-state index contributed by atoms with van der Waals surface area (Å²) in [5.74, 6) is 2.66. The predicted molar refractivity (Wildman–Crippen MR) is 240 cm³/mol. The van der Waals surface area contributed by atoms with Gasteiger partial charge in [0.1, 0.15) is 0 Å². The molecule has 0 spiro atoms. The summed E-state index contributed by atoms with van der Waals surface area (Å²) in [6.07, 6.45) is 4.57. The molecule has 0 fully saturated rings. The number of halogens is 3. The fourth-order valence-electron chi connectivity index (χ4n) is 7.68. The molecule has 0 amide bonds. The second kappa shape index (κ2) is 19.8. The molecule has 0 unspecified atom stereocenters. The molecule has 0 bridgehead atoms. The van der Waals surface area contributed by atoms with Gasteiger partial charge in [0.25, 0.3) is 0 Å². The van der Waals surface area contributed by atoms with Crippen LogP contribution in [0.4, 0.5) is 0 Å². The summed E-state index contributed by atoms with van der Waals surface area (Å²) in [7, 11) is -2.92. The van der Waals surface area contributed by atoms with E-state index in [0.29, 0.717) is 35.5 Å². The van der Waals surface area contributed by atoms with Crippen molar-refractivity contribution in [2.75, 3.05) is 0 Å². The van der Waals surface area contributed by atoms with E-state index in [4.69, 9.17) is 0 Å². The Hall–Kier alpha value is -1.84. The third kappa shape index (κ3) is 10.1. The van der Waals surface area contributed by atoms with Gasteiger partial charge in [-0.25, -0.2) is 0 Å². The standard InChI is InChI=1S/C48H61Si.3ClH.Ti/c1-31(2)39-22-40(32(3)4)26-45(25-39)49(46-27-41(33(5)6)23-42(28-46)34(7)8,47-29-43(35(9)10)24-44(30-47)36(11)12)48-20-16-19-38(48)21-37-17-14-13-15-18-37;;;;/h13-15,17-19,22-36H,16,21H2,1-12H3;3*1H;. The Morgan fingerprint density at radius 3 is 1.06 bits per heavy atom. The first-order valence-electron chi connectivity index (χ1n) is 19.3. The fourth-order valence-corrected chi connectivity index (χ4v) is 14.4. The quantitative estimate of drug-likeness (QED) is 0.0986. The van der Waals surface area contributed by atoms with Gasteiger partial charge >= 0.3 is 320 Å². The molecule has 1 aliphatic rings. The fraction of sp³-hybridized carbons (Fsp3) is 0.417. The maximum atomic E-state index is 2.65. The van der Waals surface area contributed by atoms with E-state index >= 15 is 0 Å². The van der Waals surface area contributed by atoms with Crippen molar-refractivity contribution in [2.24, 2.45) is 0 Å². The van der Waals surface area contributed by atoms with E-state index in [0.717, 1.165) is 12.8 Å². The summed E-state index contributed by atoms with van der Waals surface area (Å²) >= 11 is 2.45. The van der Waals surface area contributed by atoms with E-state index in [2.05, 4.69) is 195 Å². The smallest absolute Gasteiger partial charge is 0.147 e. The molecule has 0 atom stereocenters. The van der Waals surface area contributed by atoms with Crippen LogP contribution in [0.3, 0.4) is 0 Å². The molecule has 0 aliphatic heterocycles. The van der Waals surface area contributed by atoms with Crippen molar-refractivity contribution in [2.45, 2.75) is 131 Å². The second-order valence-corrected chi connectivity index (χ2v) is 21.5. The van der Waals surface area contributed by atoms with Crippen LogP contribution in [0.5, 0.6) is 0 Å². The molecule has 53 heavy (non-hydrogen) atoms. The average Bonchev–Trinajstić information content (AvgIpc) is 3.44. The van der Waals surface area contributed by atoms with Gasteiger partial charge in [-0.15, -0.1) is 37.2 Å². The molecule has 4 aromatic carbocycles. The summed E-state index contributed by atoms with van der Waals surface area (Å²) in [5, 5.41) is 6.29. The van der Waals surface area contributed by atoms with E-state index in [1.54, 1.807) is 24.6 Å². The van der Waals surface area contributed by atoms with E-state index in [-0.39, 0.29) is 37.2 Å². The van der Waals surface area contributed by atoms with Crippen molar-refractivity contribution in [1.82, 2.24) is 0 Å². The maximum Gasteiger partial charge on any atom is -0.147 e. The van der Waals surface area contributed by atoms with Crippen molar-refractivity contribution >= 4 is 60.9 Å². The molecule has 0 nitrogen and oxygen atoms in total. The molecule has 5 heteroatoms. The number of rotatable bonds is 12. The molecule has 0 saturated carbocycles. The minimum Gasteiger partial charge on any atom is -0.147 e. The van der Waals surface area contributed by atoms with Gasteiger partial charge in [-0.1, -0.05) is 0 Å². The number of benzene rings is 4. The summed E-state index contributed by atoms with van der Waals surface area (Å²) in [6.45, 7) is 28.5. The van der Waals surface area contributed by atoms with E-state index in [1.807, 2.05) is 0 Å². The first-order chi connectivity index (χ1) is 23.6. The van der Waals surface area contributed by atoms with E-state index in [1.165, 1.54) is 44.5 Å². The Morgan fingerprint density at radius 2 is 0.774 bits per heavy atom. The van der Waals surface area contributed by atoms with Gasteiger partial charge in [-0.3, -0.25) is 0 Å². The summed E-state index contributed by atoms with van der Waals surface area (Å²) < 4.78 is 1.55. The maximum absolute atomic E-state index is 2.92. The first-order valence-corrected chi connectivity index (χ1v) is 22.1.